The Morgan fingerprint density at radius 2 is 1.77 bits per heavy atom. The Kier molecular flexibility index (Phi) is 4.23. The van der Waals surface area contributed by atoms with Gasteiger partial charge >= 0.3 is 0 Å². The average Bonchev–Trinajstić information content (AvgIpc) is 3.38. The van der Waals surface area contributed by atoms with Crippen molar-refractivity contribution in [3.63, 3.8) is 0 Å². The van der Waals surface area contributed by atoms with Crippen molar-refractivity contribution in [2.45, 2.75) is 45.2 Å². The molecule has 1 fully saturated rings. The average molecular weight is 294 g/mol. The number of aromatic nitrogens is 1. The first-order chi connectivity index (χ1) is 10.6. The lowest BCUT2D eigenvalue weighted by Gasteiger charge is -2.23. The minimum atomic E-state index is 0.134. The van der Waals surface area contributed by atoms with E-state index in [-0.39, 0.29) is 5.91 Å². The van der Waals surface area contributed by atoms with Crippen molar-refractivity contribution in [1.29, 1.82) is 0 Å². The van der Waals surface area contributed by atoms with E-state index in [1.54, 1.807) is 12.4 Å². The Morgan fingerprint density at radius 1 is 1.14 bits per heavy atom. The molecule has 0 aliphatic heterocycles. The van der Waals surface area contributed by atoms with Crippen LogP contribution in [0.25, 0.3) is 0 Å². The minimum absolute atomic E-state index is 0.134. The fourth-order valence-electron chi connectivity index (χ4n) is 2.61. The third-order valence-corrected chi connectivity index (χ3v) is 4.18. The van der Waals surface area contributed by atoms with Crippen molar-refractivity contribution >= 4 is 5.91 Å². The summed E-state index contributed by atoms with van der Waals surface area (Å²) in [5, 5.41) is 0. The lowest BCUT2D eigenvalue weighted by atomic mass is 10.0. The zero-order valence-electron chi connectivity index (χ0n) is 13.2. The first-order valence-corrected chi connectivity index (χ1v) is 7.95. The van der Waals surface area contributed by atoms with E-state index in [1.165, 1.54) is 5.56 Å². The zero-order chi connectivity index (χ0) is 15.5. The number of benzene rings is 1. The monoisotopic (exact) mass is 294 g/mol. The summed E-state index contributed by atoms with van der Waals surface area (Å²) >= 11 is 0. The van der Waals surface area contributed by atoms with Gasteiger partial charge in [-0.3, -0.25) is 9.78 Å². The van der Waals surface area contributed by atoms with Gasteiger partial charge in [0.2, 0.25) is 0 Å². The molecule has 0 N–H and O–H groups in total. The van der Waals surface area contributed by atoms with Crippen LogP contribution in [0, 0.1) is 0 Å². The highest BCUT2D eigenvalue weighted by Crippen LogP contribution is 2.30. The van der Waals surface area contributed by atoms with E-state index in [0.29, 0.717) is 18.5 Å². The molecule has 22 heavy (non-hydrogen) atoms. The highest BCUT2D eigenvalue weighted by atomic mass is 16.2. The normalized spacial score (nSPS) is 14.1. The van der Waals surface area contributed by atoms with E-state index in [4.69, 9.17) is 0 Å². The Bertz CT molecular complexity index is 630. The Labute approximate surface area is 132 Å². The molecule has 3 nitrogen and oxygen atoms in total. The molecule has 1 saturated carbocycles. The van der Waals surface area contributed by atoms with Crippen LogP contribution in [0.3, 0.4) is 0 Å². The quantitative estimate of drug-likeness (QED) is 0.834. The molecule has 1 aliphatic rings. The number of carbonyl (C=O) groups is 1. The van der Waals surface area contributed by atoms with Gasteiger partial charge < -0.3 is 4.90 Å². The third kappa shape index (κ3) is 3.35. The van der Waals surface area contributed by atoms with E-state index in [2.05, 4.69) is 31.0 Å². The lowest BCUT2D eigenvalue weighted by molar-refractivity contribution is 0.0730. The molecule has 1 aliphatic carbocycles. The molecule has 114 valence electrons. The summed E-state index contributed by atoms with van der Waals surface area (Å²) in [5.74, 6) is 0.620. The Balaban J connectivity index is 1.78. The molecule has 0 bridgehead atoms. The van der Waals surface area contributed by atoms with Gasteiger partial charge in [0.05, 0.1) is 0 Å². The van der Waals surface area contributed by atoms with Gasteiger partial charge in [-0.1, -0.05) is 26.0 Å². The first-order valence-electron chi connectivity index (χ1n) is 7.95. The number of amides is 1. The highest BCUT2D eigenvalue weighted by molar-refractivity contribution is 5.94. The van der Waals surface area contributed by atoms with Crippen LogP contribution in [0.15, 0.2) is 48.8 Å². The van der Waals surface area contributed by atoms with E-state index in [1.807, 2.05) is 29.2 Å². The summed E-state index contributed by atoms with van der Waals surface area (Å²) in [6, 6.07) is 12.4. The summed E-state index contributed by atoms with van der Waals surface area (Å²) in [5.41, 5.74) is 3.18. The molecular formula is C19H22N2O. The first kappa shape index (κ1) is 14.8. The van der Waals surface area contributed by atoms with Gasteiger partial charge in [0.15, 0.2) is 0 Å². The number of hydrogen-bond donors (Lipinski definition) is 0. The van der Waals surface area contributed by atoms with E-state index in [9.17, 15) is 4.79 Å². The summed E-state index contributed by atoms with van der Waals surface area (Å²) in [7, 11) is 0. The maximum Gasteiger partial charge on any atom is 0.254 e. The number of pyridine rings is 1. The van der Waals surface area contributed by atoms with Crippen molar-refractivity contribution in [2.24, 2.45) is 0 Å². The van der Waals surface area contributed by atoms with E-state index >= 15 is 0 Å². The fraction of sp³-hybridized carbons (Fsp3) is 0.368. The molecule has 0 unspecified atom stereocenters. The van der Waals surface area contributed by atoms with Crippen molar-refractivity contribution < 1.29 is 4.79 Å². The topological polar surface area (TPSA) is 33.2 Å². The molecule has 0 radical (unpaired) electrons. The molecule has 2 aromatic rings. The van der Waals surface area contributed by atoms with Gasteiger partial charge in [0, 0.05) is 30.5 Å². The molecule has 1 aromatic carbocycles. The summed E-state index contributed by atoms with van der Waals surface area (Å²) in [6.45, 7) is 4.99. The van der Waals surface area contributed by atoms with Crippen LogP contribution in [0.2, 0.25) is 0 Å². The SMILES string of the molecule is CC(C)c1ccc(C(=O)N(Cc2ccncc2)C2CC2)cc1. The minimum Gasteiger partial charge on any atom is -0.331 e. The van der Waals surface area contributed by atoms with Crippen LogP contribution < -0.4 is 0 Å². The summed E-state index contributed by atoms with van der Waals surface area (Å²) in [4.78, 5) is 18.9. The van der Waals surface area contributed by atoms with Crippen molar-refractivity contribution in [2.75, 3.05) is 0 Å². The van der Waals surface area contributed by atoms with E-state index in [0.717, 1.165) is 24.0 Å². The highest BCUT2D eigenvalue weighted by Gasteiger charge is 2.33. The maximum absolute atomic E-state index is 12.8. The second kappa shape index (κ2) is 6.30. The molecule has 0 saturated heterocycles. The van der Waals surface area contributed by atoms with Gasteiger partial charge in [0.1, 0.15) is 0 Å². The van der Waals surface area contributed by atoms with Crippen molar-refractivity contribution in [3.05, 3.63) is 65.5 Å². The molecule has 0 atom stereocenters. The molecule has 3 rings (SSSR count). The second-order valence-electron chi connectivity index (χ2n) is 6.30. The van der Waals surface area contributed by atoms with Gasteiger partial charge in [-0.15, -0.1) is 0 Å². The van der Waals surface area contributed by atoms with Crippen LogP contribution in [-0.4, -0.2) is 21.8 Å². The molecule has 1 aromatic heterocycles. The van der Waals surface area contributed by atoms with Crippen molar-refractivity contribution in [1.82, 2.24) is 9.88 Å². The third-order valence-electron chi connectivity index (χ3n) is 4.18. The fourth-order valence-corrected chi connectivity index (χ4v) is 2.61. The van der Waals surface area contributed by atoms with Gasteiger partial charge in [0.25, 0.3) is 5.91 Å². The van der Waals surface area contributed by atoms with Gasteiger partial charge in [-0.25, -0.2) is 0 Å². The zero-order valence-corrected chi connectivity index (χ0v) is 13.2. The smallest absolute Gasteiger partial charge is 0.254 e. The molecular weight excluding hydrogens is 272 g/mol. The van der Waals surface area contributed by atoms with Gasteiger partial charge in [-0.2, -0.15) is 0 Å². The Morgan fingerprint density at radius 3 is 2.32 bits per heavy atom. The van der Waals surface area contributed by atoms with Crippen LogP contribution >= 0.6 is 0 Å². The second-order valence-corrected chi connectivity index (χ2v) is 6.30. The number of rotatable bonds is 5. The van der Waals surface area contributed by atoms with Crippen LogP contribution in [0.5, 0.6) is 0 Å². The summed E-state index contributed by atoms with van der Waals surface area (Å²) in [6.07, 6.45) is 5.78. The number of carbonyl (C=O) groups excluding carboxylic acids is 1. The predicted octanol–water partition coefficient (Wildman–Crippen LogP) is 4.01. The standard InChI is InChI=1S/C19H22N2O/c1-14(2)16-3-5-17(6-4-16)19(22)21(18-7-8-18)13-15-9-11-20-12-10-15/h3-6,9-12,14,18H,7-8,13H2,1-2H3. The predicted molar refractivity (Wildman–Crippen MR) is 87.7 cm³/mol. The van der Waals surface area contributed by atoms with E-state index < -0.39 is 0 Å². The largest absolute Gasteiger partial charge is 0.331 e. The molecule has 1 heterocycles. The van der Waals surface area contributed by atoms with Crippen molar-refractivity contribution in [3.8, 4) is 0 Å². The number of hydrogen-bond acceptors (Lipinski definition) is 2. The summed E-state index contributed by atoms with van der Waals surface area (Å²) < 4.78 is 0. The molecule has 0 spiro atoms. The van der Waals surface area contributed by atoms with Crippen LogP contribution in [0.4, 0.5) is 0 Å². The molecule has 1 amide bonds. The lowest BCUT2D eigenvalue weighted by Crippen LogP contribution is -2.32. The molecule has 3 heteroatoms. The Hall–Kier alpha value is -2.16. The van der Waals surface area contributed by atoms with Crippen LogP contribution in [0.1, 0.15) is 54.1 Å². The number of nitrogens with zero attached hydrogens (tertiary/aromatic N) is 2. The maximum atomic E-state index is 12.8. The van der Waals surface area contributed by atoms with Crippen LogP contribution in [-0.2, 0) is 6.54 Å². The van der Waals surface area contributed by atoms with Gasteiger partial charge in [-0.05, 0) is 54.2 Å².